The molecule has 0 radical (unpaired) electrons. The summed E-state index contributed by atoms with van der Waals surface area (Å²) in [4.78, 5) is 12.3. The van der Waals surface area contributed by atoms with Crippen molar-refractivity contribution in [2.45, 2.75) is 13.5 Å². The van der Waals surface area contributed by atoms with Crippen LogP contribution in [0, 0.1) is 11.3 Å². The van der Waals surface area contributed by atoms with Crippen molar-refractivity contribution in [2.24, 2.45) is 0 Å². The summed E-state index contributed by atoms with van der Waals surface area (Å²) in [5.74, 6) is 0.269. The van der Waals surface area contributed by atoms with Crippen LogP contribution in [0.3, 0.4) is 0 Å². The second kappa shape index (κ2) is 11.2. The zero-order chi connectivity index (χ0) is 24.6. The van der Waals surface area contributed by atoms with Crippen LogP contribution in [0.15, 0.2) is 90.6 Å². The number of hydrogen-bond donors (Lipinski definition) is 1. The fourth-order valence-electron chi connectivity index (χ4n) is 3.48. The van der Waals surface area contributed by atoms with Crippen molar-refractivity contribution in [2.75, 3.05) is 6.54 Å². The molecule has 0 aliphatic heterocycles. The van der Waals surface area contributed by atoms with Crippen LogP contribution >= 0.6 is 11.6 Å². The molecule has 6 nitrogen and oxygen atoms in total. The van der Waals surface area contributed by atoms with Crippen molar-refractivity contribution >= 4 is 23.6 Å². The molecule has 7 heteroatoms. The standard InChI is InChI=1S/C28H23ClN4O2/c1-2-31-28(34)22(17-30)16-23-18-33(24-9-4-3-5-10-24)32-27(23)20-12-14-25(15-13-20)35-19-21-8-6-7-11-26(21)29/h3-16,18H,2,19H2,1H3,(H,31,34)/b22-16-. The average molecular weight is 483 g/mol. The van der Waals surface area contributed by atoms with Crippen LogP contribution in [0.4, 0.5) is 0 Å². The molecule has 1 heterocycles. The molecule has 35 heavy (non-hydrogen) atoms. The second-order valence-electron chi connectivity index (χ2n) is 7.65. The van der Waals surface area contributed by atoms with Crippen LogP contribution in [0.1, 0.15) is 18.1 Å². The van der Waals surface area contributed by atoms with Crippen LogP contribution in [0.2, 0.25) is 5.02 Å². The Morgan fingerprint density at radius 1 is 1.09 bits per heavy atom. The summed E-state index contributed by atoms with van der Waals surface area (Å²) in [5, 5.41) is 17.6. The summed E-state index contributed by atoms with van der Waals surface area (Å²) in [6.07, 6.45) is 3.37. The highest BCUT2D eigenvalue weighted by Gasteiger charge is 2.15. The number of para-hydroxylation sites is 1. The molecule has 174 valence electrons. The maximum Gasteiger partial charge on any atom is 0.261 e. The molecule has 0 unspecified atom stereocenters. The van der Waals surface area contributed by atoms with Crippen LogP contribution in [-0.4, -0.2) is 22.2 Å². The van der Waals surface area contributed by atoms with Crippen LogP contribution in [0.25, 0.3) is 23.0 Å². The molecule has 1 N–H and O–H groups in total. The molecule has 0 aliphatic rings. The van der Waals surface area contributed by atoms with Gasteiger partial charge in [-0.25, -0.2) is 4.68 Å². The molecule has 0 saturated carbocycles. The van der Waals surface area contributed by atoms with E-state index in [2.05, 4.69) is 5.32 Å². The third-order valence-electron chi connectivity index (χ3n) is 5.25. The van der Waals surface area contributed by atoms with E-state index in [1.54, 1.807) is 17.7 Å². The Hall–Kier alpha value is -4.34. The molecular formula is C28H23ClN4O2. The first-order valence-corrected chi connectivity index (χ1v) is 11.5. The van der Waals surface area contributed by atoms with Gasteiger partial charge in [0.2, 0.25) is 0 Å². The number of halogens is 1. The Bertz CT molecular complexity index is 1390. The lowest BCUT2D eigenvalue weighted by Crippen LogP contribution is -2.23. The minimum Gasteiger partial charge on any atom is -0.489 e. The minimum absolute atomic E-state index is 0.0143. The molecule has 1 aromatic heterocycles. The lowest BCUT2D eigenvalue weighted by Gasteiger charge is -2.08. The largest absolute Gasteiger partial charge is 0.489 e. The minimum atomic E-state index is -0.420. The molecule has 0 saturated heterocycles. The zero-order valence-corrected chi connectivity index (χ0v) is 19.9. The summed E-state index contributed by atoms with van der Waals surface area (Å²) in [6, 6.07) is 26.7. The predicted octanol–water partition coefficient (Wildman–Crippen LogP) is 5.81. The van der Waals surface area contributed by atoms with Gasteiger partial charge < -0.3 is 10.1 Å². The van der Waals surface area contributed by atoms with Gasteiger partial charge in [0.15, 0.2) is 0 Å². The predicted molar refractivity (Wildman–Crippen MR) is 137 cm³/mol. The first-order chi connectivity index (χ1) is 17.1. The van der Waals surface area contributed by atoms with E-state index in [0.717, 1.165) is 16.8 Å². The Kier molecular flexibility index (Phi) is 7.61. The van der Waals surface area contributed by atoms with Crippen molar-refractivity contribution in [3.05, 3.63) is 107 Å². The highest BCUT2D eigenvalue weighted by molar-refractivity contribution is 6.31. The molecular weight excluding hydrogens is 460 g/mol. The van der Waals surface area contributed by atoms with Gasteiger partial charge in [0.1, 0.15) is 24.0 Å². The summed E-state index contributed by atoms with van der Waals surface area (Å²) < 4.78 is 7.62. The van der Waals surface area contributed by atoms with Gasteiger partial charge in [-0.1, -0.05) is 48.0 Å². The highest BCUT2D eigenvalue weighted by atomic mass is 35.5. The van der Waals surface area contributed by atoms with E-state index in [9.17, 15) is 10.1 Å². The summed E-state index contributed by atoms with van der Waals surface area (Å²) in [6.45, 7) is 2.60. The van der Waals surface area contributed by atoms with E-state index in [1.807, 2.05) is 91.1 Å². The molecule has 0 fully saturated rings. The van der Waals surface area contributed by atoms with Crippen LogP contribution in [0.5, 0.6) is 5.75 Å². The number of nitriles is 1. The van der Waals surface area contributed by atoms with Gasteiger partial charge in [-0.05, 0) is 55.5 Å². The smallest absolute Gasteiger partial charge is 0.261 e. The third kappa shape index (κ3) is 5.78. The number of carbonyl (C=O) groups is 1. The average Bonchev–Trinajstić information content (AvgIpc) is 3.31. The first-order valence-electron chi connectivity index (χ1n) is 11.1. The van der Waals surface area contributed by atoms with E-state index < -0.39 is 5.91 Å². The van der Waals surface area contributed by atoms with E-state index in [-0.39, 0.29) is 5.57 Å². The number of carbonyl (C=O) groups excluding carboxylic acids is 1. The Balaban J connectivity index is 1.66. The molecule has 0 atom stereocenters. The summed E-state index contributed by atoms with van der Waals surface area (Å²) in [7, 11) is 0. The van der Waals surface area contributed by atoms with Gasteiger partial charge in [0, 0.05) is 34.5 Å². The lowest BCUT2D eigenvalue weighted by molar-refractivity contribution is -0.116. The number of rotatable bonds is 8. The van der Waals surface area contributed by atoms with E-state index >= 15 is 0 Å². The molecule has 0 spiro atoms. The number of aromatic nitrogens is 2. The lowest BCUT2D eigenvalue weighted by atomic mass is 10.1. The van der Waals surface area contributed by atoms with Crippen molar-refractivity contribution in [1.29, 1.82) is 5.26 Å². The van der Waals surface area contributed by atoms with Crippen molar-refractivity contribution in [3.63, 3.8) is 0 Å². The molecule has 3 aromatic carbocycles. The van der Waals surface area contributed by atoms with Gasteiger partial charge in [-0.15, -0.1) is 0 Å². The SMILES string of the molecule is CCNC(=O)/C(C#N)=C\c1cn(-c2ccccc2)nc1-c1ccc(OCc2ccccc2Cl)cc1. The van der Waals surface area contributed by atoms with Crippen molar-refractivity contribution in [3.8, 4) is 28.8 Å². The Labute approximate surface area is 209 Å². The molecule has 4 aromatic rings. The number of amides is 1. The summed E-state index contributed by atoms with van der Waals surface area (Å²) in [5.41, 5.74) is 3.90. The molecule has 4 rings (SSSR count). The van der Waals surface area contributed by atoms with Crippen molar-refractivity contribution in [1.82, 2.24) is 15.1 Å². The van der Waals surface area contributed by atoms with Gasteiger partial charge in [-0.3, -0.25) is 4.79 Å². The van der Waals surface area contributed by atoms with Crippen molar-refractivity contribution < 1.29 is 9.53 Å². The number of ether oxygens (including phenoxy) is 1. The van der Waals surface area contributed by atoms with Gasteiger partial charge in [0.25, 0.3) is 5.91 Å². The first kappa shape index (κ1) is 23.8. The topological polar surface area (TPSA) is 79.9 Å². The maximum atomic E-state index is 12.3. The second-order valence-corrected chi connectivity index (χ2v) is 8.05. The Morgan fingerprint density at radius 2 is 1.80 bits per heavy atom. The molecule has 1 amide bonds. The van der Waals surface area contributed by atoms with Gasteiger partial charge in [0.05, 0.1) is 11.4 Å². The number of likely N-dealkylation sites (N-methyl/N-ethyl adjacent to an activating group) is 1. The van der Waals surface area contributed by atoms with E-state index in [0.29, 0.717) is 35.2 Å². The fourth-order valence-corrected chi connectivity index (χ4v) is 3.67. The summed E-state index contributed by atoms with van der Waals surface area (Å²) >= 11 is 6.21. The van der Waals surface area contributed by atoms with Gasteiger partial charge >= 0.3 is 0 Å². The quantitative estimate of drug-likeness (QED) is 0.253. The monoisotopic (exact) mass is 482 g/mol. The molecule has 0 bridgehead atoms. The highest BCUT2D eigenvalue weighted by Crippen LogP contribution is 2.28. The van der Waals surface area contributed by atoms with E-state index in [1.165, 1.54) is 0 Å². The third-order valence-corrected chi connectivity index (χ3v) is 5.61. The molecule has 0 aliphatic carbocycles. The van der Waals surface area contributed by atoms with E-state index in [4.69, 9.17) is 21.4 Å². The van der Waals surface area contributed by atoms with Gasteiger partial charge in [-0.2, -0.15) is 10.4 Å². The normalized spacial score (nSPS) is 11.1. The zero-order valence-electron chi connectivity index (χ0n) is 19.1. The van der Waals surface area contributed by atoms with Crippen LogP contribution in [-0.2, 0) is 11.4 Å². The van der Waals surface area contributed by atoms with Crippen LogP contribution < -0.4 is 10.1 Å². The fraction of sp³-hybridized carbons (Fsp3) is 0.107. The number of hydrogen-bond acceptors (Lipinski definition) is 4. The maximum absolute atomic E-state index is 12.3. The number of nitrogens with zero attached hydrogens (tertiary/aromatic N) is 3. The number of nitrogens with one attached hydrogen (secondary N) is 1. The Morgan fingerprint density at radius 3 is 2.49 bits per heavy atom. The number of benzene rings is 3.